The normalized spacial score (nSPS) is 12.7. The fourth-order valence-corrected chi connectivity index (χ4v) is 2.82. The maximum atomic E-state index is 12.6. The summed E-state index contributed by atoms with van der Waals surface area (Å²) in [6.07, 6.45) is 0.966. The third-order valence-corrected chi connectivity index (χ3v) is 5.03. The summed E-state index contributed by atoms with van der Waals surface area (Å²) < 4.78 is 6.82. The van der Waals surface area contributed by atoms with Gasteiger partial charge in [-0.3, -0.25) is 0 Å². The number of rotatable bonds is 5. The molecule has 24 heavy (non-hydrogen) atoms. The van der Waals surface area contributed by atoms with Crippen LogP contribution in [0.4, 0.5) is 0 Å². The lowest BCUT2D eigenvalue weighted by molar-refractivity contribution is -0.00340. The van der Waals surface area contributed by atoms with Crippen molar-refractivity contribution in [3.63, 3.8) is 0 Å². The number of hydrogen-bond acceptors (Lipinski definition) is 3. The van der Waals surface area contributed by atoms with Gasteiger partial charge in [-0.2, -0.15) is 0 Å². The average Bonchev–Trinajstić information content (AvgIpc) is 2.54. The quantitative estimate of drug-likeness (QED) is 0.488. The lowest BCUT2D eigenvalue weighted by Gasteiger charge is -2.26. The van der Waals surface area contributed by atoms with Gasteiger partial charge in [-0.1, -0.05) is 32.0 Å². The van der Waals surface area contributed by atoms with Crippen LogP contribution in [0.15, 0.2) is 42.5 Å². The Morgan fingerprint density at radius 3 is 2.42 bits per heavy atom. The van der Waals surface area contributed by atoms with Crippen molar-refractivity contribution in [1.82, 2.24) is 0 Å². The largest absolute Gasteiger partial charge is 0.507 e. The fourth-order valence-electron chi connectivity index (χ4n) is 2.46. The number of carbonyl (C=O) groups is 1. The highest BCUT2D eigenvalue weighted by Gasteiger charge is 2.27. The highest BCUT2D eigenvalue weighted by molar-refractivity contribution is 14.1. The third kappa shape index (κ3) is 4.29. The smallest absolute Gasteiger partial charge is 0.342 e. The first-order chi connectivity index (χ1) is 11.2. The third-order valence-electron chi connectivity index (χ3n) is 4.31. The van der Waals surface area contributed by atoms with Gasteiger partial charge in [0.25, 0.3) is 0 Å². The molecular formula is C20H23IO3. The predicted molar refractivity (Wildman–Crippen MR) is 104 cm³/mol. The van der Waals surface area contributed by atoms with Gasteiger partial charge >= 0.3 is 5.97 Å². The molecule has 0 fully saturated rings. The van der Waals surface area contributed by atoms with Crippen molar-refractivity contribution in [3.05, 3.63) is 62.7 Å². The van der Waals surface area contributed by atoms with Gasteiger partial charge in [0.2, 0.25) is 0 Å². The van der Waals surface area contributed by atoms with E-state index in [0.29, 0.717) is 5.92 Å². The summed E-state index contributed by atoms with van der Waals surface area (Å²) in [6.45, 7) is 7.89. The van der Waals surface area contributed by atoms with E-state index in [2.05, 4.69) is 36.4 Å². The standard InChI is InChI=1S/C20H23IO3/c1-5-13(2)14-6-11-18(22)17(12-14)19(23)24-20(3,4)15-7-9-16(21)10-8-15/h6-13,22H,5H2,1-4H3. The second-order valence-corrected chi connectivity index (χ2v) is 7.74. The minimum atomic E-state index is -0.778. The number of halogens is 1. The van der Waals surface area contributed by atoms with Crippen LogP contribution in [-0.4, -0.2) is 11.1 Å². The van der Waals surface area contributed by atoms with Crippen molar-refractivity contribution < 1.29 is 14.6 Å². The lowest BCUT2D eigenvalue weighted by atomic mass is 9.96. The molecule has 0 heterocycles. The minimum Gasteiger partial charge on any atom is -0.507 e. The highest BCUT2D eigenvalue weighted by atomic mass is 127. The molecule has 1 unspecified atom stereocenters. The van der Waals surface area contributed by atoms with Crippen molar-refractivity contribution >= 4 is 28.6 Å². The van der Waals surface area contributed by atoms with Crippen LogP contribution in [-0.2, 0) is 10.3 Å². The first-order valence-electron chi connectivity index (χ1n) is 8.07. The van der Waals surface area contributed by atoms with Gasteiger partial charge in [-0.05, 0) is 84.2 Å². The number of benzene rings is 2. The van der Waals surface area contributed by atoms with Crippen LogP contribution in [0.5, 0.6) is 5.75 Å². The van der Waals surface area contributed by atoms with Crippen LogP contribution < -0.4 is 0 Å². The Morgan fingerprint density at radius 2 is 1.83 bits per heavy atom. The number of hydrogen-bond donors (Lipinski definition) is 1. The molecule has 0 saturated carbocycles. The Kier molecular flexibility index (Phi) is 5.91. The van der Waals surface area contributed by atoms with E-state index >= 15 is 0 Å². The minimum absolute atomic E-state index is 0.0505. The number of aromatic hydroxyl groups is 1. The molecule has 0 aliphatic rings. The van der Waals surface area contributed by atoms with E-state index in [1.54, 1.807) is 12.1 Å². The first-order valence-corrected chi connectivity index (χ1v) is 9.14. The molecule has 0 bridgehead atoms. The molecule has 128 valence electrons. The zero-order chi connectivity index (χ0) is 17.9. The van der Waals surface area contributed by atoms with Crippen LogP contribution in [0.1, 0.15) is 61.5 Å². The van der Waals surface area contributed by atoms with Crippen LogP contribution in [0, 0.1) is 3.57 Å². The van der Waals surface area contributed by atoms with Crippen molar-refractivity contribution in [2.24, 2.45) is 0 Å². The summed E-state index contributed by atoms with van der Waals surface area (Å²) in [5, 5.41) is 10.1. The number of esters is 1. The molecule has 0 saturated heterocycles. The summed E-state index contributed by atoms with van der Waals surface area (Å²) >= 11 is 2.24. The van der Waals surface area contributed by atoms with E-state index in [0.717, 1.165) is 21.1 Å². The van der Waals surface area contributed by atoms with Crippen molar-refractivity contribution in [3.8, 4) is 5.75 Å². The number of phenols is 1. The molecule has 1 atom stereocenters. The molecule has 0 aliphatic carbocycles. The summed E-state index contributed by atoms with van der Waals surface area (Å²) in [7, 11) is 0. The molecule has 1 N–H and O–H groups in total. The van der Waals surface area contributed by atoms with Crippen LogP contribution in [0.25, 0.3) is 0 Å². The van der Waals surface area contributed by atoms with Gasteiger partial charge in [-0.15, -0.1) is 0 Å². The maximum Gasteiger partial charge on any atom is 0.342 e. The van der Waals surface area contributed by atoms with Gasteiger partial charge in [0.15, 0.2) is 0 Å². The molecule has 0 radical (unpaired) electrons. The van der Waals surface area contributed by atoms with Gasteiger partial charge in [-0.25, -0.2) is 4.79 Å². The van der Waals surface area contributed by atoms with E-state index in [1.807, 2.05) is 44.2 Å². The van der Waals surface area contributed by atoms with Gasteiger partial charge in [0.1, 0.15) is 16.9 Å². The molecule has 0 spiro atoms. The predicted octanol–water partition coefficient (Wildman–Crippen LogP) is 5.60. The molecular weight excluding hydrogens is 415 g/mol. The Hall–Kier alpha value is -1.56. The van der Waals surface area contributed by atoms with Crippen LogP contribution >= 0.6 is 22.6 Å². The maximum absolute atomic E-state index is 12.6. The van der Waals surface area contributed by atoms with E-state index in [1.165, 1.54) is 0 Å². The second-order valence-electron chi connectivity index (χ2n) is 6.49. The molecule has 3 nitrogen and oxygen atoms in total. The second kappa shape index (κ2) is 7.55. The van der Waals surface area contributed by atoms with Gasteiger partial charge in [0.05, 0.1) is 0 Å². The first kappa shape index (κ1) is 18.8. The highest BCUT2D eigenvalue weighted by Crippen LogP contribution is 2.30. The van der Waals surface area contributed by atoms with Crippen LogP contribution in [0.3, 0.4) is 0 Å². The molecule has 0 amide bonds. The Morgan fingerprint density at radius 1 is 1.21 bits per heavy atom. The molecule has 4 heteroatoms. The zero-order valence-corrected chi connectivity index (χ0v) is 16.6. The zero-order valence-electron chi connectivity index (χ0n) is 14.5. The summed E-state index contributed by atoms with van der Waals surface area (Å²) in [6, 6.07) is 13.0. The van der Waals surface area contributed by atoms with E-state index in [9.17, 15) is 9.90 Å². The monoisotopic (exact) mass is 438 g/mol. The van der Waals surface area contributed by atoms with E-state index in [-0.39, 0.29) is 11.3 Å². The number of phenolic OH excluding ortho intramolecular Hbond substituents is 1. The van der Waals surface area contributed by atoms with Gasteiger partial charge < -0.3 is 9.84 Å². The summed E-state index contributed by atoms with van der Waals surface area (Å²) in [5.74, 6) is -0.243. The SMILES string of the molecule is CCC(C)c1ccc(O)c(C(=O)OC(C)(C)c2ccc(I)cc2)c1. The van der Waals surface area contributed by atoms with Gasteiger partial charge in [0, 0.05) is 3.57 Å². The molecule has 0 aliphatic heterocycles. The van der Waals surface area contributed by atoms with Crippen LogP contribution in [0.2, 0.25) is 0 Å². The topological polar surface area (TPSA) is 46.5 Å². The Bertz CT molecular complexity index is 720. The Balaban J connectivity index is 2.27. The number of carbonyl (C=O) groups excluding carboxylic acids is 1. The van der Waals surface area contributed by atoms with Crippen molar-refractivity contribution in [1.29, 1.82) is 0 Å². The summed E-state index contributed by atoms with van der Waals surface area (Å²) in [4.78, 5) is 12.6. The average molecular weight is 438 g/mol. The molecule has 2 aromatic rings. The summed E-state index contributed by atoms with van der Waals surface area (Å²) in [5.41, 5.74) is 1.37. The number of ether oxygens (including phenoxy) is 1. The molecule has 2 aromatic carbocycles. The van der Waals surface area contributed by atoms with Crippen molar-refractivity contribution in [2.75, 3.05) is 0 Å². The Labute approximate surface area is 157 Å². The van der Waals surface area contributed by atoms with E-state index in [4.69, 9.17) is 4.74 Å². The molecule has 2 rings (SSSR count). The lowest BCUT2D eigenvalue weighted by Crippen LogP contribution is -2.25. The van der Waals surface area contributed by atoms with E-state index < -0.39 is 11.6 Å². The molecule has 0 aromatic heterocycles. The fraction of sp³-hybridized carbons (Fsp3) is 0.350. The van der Waals surface area contributed by atoms with Crippen molar-refractivity contribution in [2.45, 2.75) is 45.6 Å².